The summed E-state index contributed by atoms with van der Waals surface area (Å²) in [6.45, 7) is 2.05. The quantitative estimate of drug-likeness (QED) is 0.737. The smallest absolute Gasteiger partial charge is 0.134 e. The Balaban J connectivity index is 2.05. The van der Waals surface area contributed by atoms with E-state index in [1.807, 2.05) is 6.92 Å². The van der Waals surface area contributed by atoms with Crippen LogP contribution in [0.4, 0.5) is 11.6 Å². The molecule has 5 nitrogen and oxygen atoms in total. The summed E-state index contributed by atoms with van der Waals surface area (Å²) >= 11 is 0. The van der Waals surface area contributed by atoms with Crippen LogP contribution in [0.15, 0.2) is 6.33 Å². The largest absolute Gasteiger partial charge is 0.393 e. The van der Waals surface area contributed by atoms with Crippen molar-refractivity contribution in [2.24, 2.45) is 0 Å². The van der Waals surface area contributed by atoms with Gasteiger partial charge in [-0.1, -0.05) is 6.92 Å². The predicted octanol–water partition coefficient (Wildman–Crippen LogP) is 1.34. The molecular weight excluding hydrogens is 216 g/mol. The minimum absolute atomic E-state index is 0.130. The molecule has 1 saturated carbocycles. The Labute approximate surface area is 101 Å². The Kier molecular flexibility index (Phi) is 3.78. The first-order valence-corrected chi connectivity index (χ1v) is 6.24. The van der Waals surface area contributed by atoms with Crippen molar-refractivity contribution < 1.29 is 5.11 Å². The summed E-state index contributed by atoms with van der Waals surface area (Å²) in [5.41, 5.74) is 6.81. The number of anilines is 2. The zero-order valence-corrected chi connectivity index (χ0v) is 10.2. The van der Waals surface area contributed by atoms with Gasteiger partial charge in [0.05, 0.1) is 6.10 Å². The molecule has 0 aliphatic heterocycles. The molecule has 1 heterocycles. The fraction of sp³-hybridized carbons (Fsp3) is 0.667. The van der Waals surface area contributed by atoms with Gasteiger partial charge in [0.2, 0.25) is 0 Å². The molecule has 0 radical (unpaired) electrons. The SMILES string of the molecule is CCc1c(N)ncnc1NC1CCC(O)CC1. The van der Waals surface area contributed by atoms with Gasteiger partial charge in [-0.3, -0.25) is 0 Å². The molecule has 0 unspecified atom stereocenters. The Bertz CT molecular complexity index is 375. The average Bonchev–Trinajstić information content (AvgIpc) is 2.32. The van der Waals surface area contributed by atoms with Gasteiger partial charge in [-0.25, -0.2) is 9.97 Å². The van der Waals surface area contributed by atoms with E-state index in [0.717, 1.165) is 43.5 Å². The molecule has 1 aliphatic rings. The molecule has 0 saturated heterocycles. The molecule has 1 fully saturated rings. The summed E-state index contributed by atoms with van der Waals surface area (Å²) in [6.07, 6.45) is 5.87. The van der Waals surface area contributed by atoms with E-state index >= 15 is 0 Å². The van der Waals surface area contributed by atoms with Gasteiger partial charge in [-0.15, -0.1) is 0 Å². The van der Waals surface area contributed by atoms with Crippen LogP contribution in [0.5, 0.6) is 0 Å². The molecular formula is C12H20N4O. The van der Waals surface area contributed by atoms with Crippen molar-refractivity contribution in [3.05, 3.63) is 11.9 Å². The van der Waals surface area contributed by atoms with Crippen molar-refractivity contribution in [1.29, 1.82) is 0 Å². The second kappa shape index (κ2) is 5.31. The maximum atomic E-state index is 9.46. The lowest BCUT2D eigenvalue weighted by Crippen LogP contribution is -2.29. The van der Waals surface area contributed by atoms with Gasteiger partial charge in [0, 0.05) is 11.6 Å². The number of nitrogens with one attached hydrogen (secondary N) is 1. The van der Waals surface area contributed by atoms with Crippen LogP contribution in [0.25, 0.3) is 0 Å². The number of aliphatic hydroxyl groups excluding tert-OH is 1. The molecule has 0 aromatic carbocycles. The minimum Gasteiger partial charge on any atom is -0.393 e. The van der Waals surface area contributed by atoms with E-state index in [0.29, 0.717) is 11.9 Å². The Morgan fingerprint density at radius 2 is 2.06 bits per heavy atom. The van der Waals surface area contributed by atoms with Crippen LogP contribution < -0.4 is 11.1 Å². The van der Waals surface area contributed by atoms with E-state index in [1.165, 1.54) is 6.33 Å². The highest BCUT2D eigenvalue weighted by Gasteiger charge is 2.20. The highest BCUT2D eigenvalue weighted by molar-refractivity contribution is 5.55. The number of nitrogens with zero attached hydrogens (tertiary/aromatic N) is 2. The Morgan fingerprint density at radius 3 is 2.71 bits per heavy atom. The first-order valence-electron chi connectivity index (χ1n) is 6.24. The molecule has 2 rings (SSSR count). The molecule has 4 N–H and O–H groups in total. The van der Waals surface area contributed by atoms with Gasteiger partial charge in [-0.05, 0) is 32.1 Å². The fourth-order valence-corrected chi connectivity index (χ4v) is 2.31. The topological polar surface area (TPSA) is 84.1 Å². The van der Waals surface area contributed by atoms with E-state index in [1.54, 1.807) is 0 Å². The third kappa shape index (κ3) is 2.85. The molecule has 0 amide bonds. The van der Waals surface area contributed by atoms with Crippen LogP contribution in [0.1, 0.15) is 38.2 Å². The average molecular weight is 236 g/mol. The summed E-state index contributed by atoms with van der Waals surface area (Å²) < 4.78 is 0. The number of hydrogen-bond acceptors (Lipinski definition) is 5. The molecule has 5 heteroatoms. The number of rotatable bonds is 3. The zero-order chi connectivity index (χ0) is 12.3. The molecule has 0 spiro atoms. The maximum absolute atomic E-state index is 9.46. The van der Waals surface area contributed by atoms with Crippen LogP contribution in [0, 0.1) is 0 Å². The van der Waals surface area contributed by atoms with E-state index in [-0.39, 0.29) is 6.10 Å². The minimum atomic E-state index is -0.130. The number of nitrogens with two attached hydrogens (primary N) is 1. The second-order valence-corrected chi connectivity index (χ2v) is 4.59. The van der Waals surface area contributed by atoms with Crippen LogP contribution >= 0.6 is 0 Å². The number of aliphatic hydroxyl groups is 1. The Morgan fingerprint density at radius 1 is 1.35 bits per heavy atom. The lowest BCUT2D eigenvalue weighted by Gasteiger charge is -2.27. The molecule has 1 aromatic heterocycles. The summed E-state index contributed by atoms with van der Waals surface area (Å²) in [5.74, 6) is 1.40. The van der Waals surface area contributed by atoms with Gasteiger partial charge < -0.3 is 16.2 Å². The third-order valence-electron chi connectivity index (χ3n) is 3.37. The van der Waals surface area contributed by atoms with Gasteiger partial charge in [0.1, 0.15) is 18.0 Å². The maximum Gasteiger partial charge on any atom is 0.134 e. The van der Waals surface area contributed by atoms with Crippen molar-refractivity contribution in [2.45, 2.75) is 51.2 Å². The highest BCUT2D eigenvalue weighted by Crippen LogP contribution is 2.24. The lowest BCUT2D eigenvalue weighted by atomic mass is 9.93. The highest BCUT2D eigenvalue weighted by atomic mass is 16.3. The lowest BCUT2D eigenvalue weighted by molar-refractivity contribution is 0.126. The van der Waals surface area contributed by atoms with E-state index in [2.05, 4.69) is 15.3 Å². The summed E-state index contributed by atoms with van der Waals surface area (Å²) in [5, 5.41) is 12.9. The first-order chi connectivity index (χ1) is 8.20. The molecule has 94 valence electrons. The van der Waals surface area contributed by atoms with Crippen molar-refractivity contribution in [3.8, 4) is 0 Å². The van der Waals surface area contributed by atoms with Gasteiger partial charge in [0.25, 0.3) is 0 Å². The van der Waals surface area contributed by atoms with Crippen LogP contribution in [-0.4, -0.2) is 27.2 Å². The van der Waals surface area contributed by atoms with E-state index in [9.17, 15) is 5.11 Å². The molecule has 1 aliphatic carbocycles. The summed E-state index contributed by atoms with van der Waals surface area (Å²) in [6, 6.07) is 0.387. The zero-order valence-electron chi connectivity index (χ0n) is 10.2. The van der Waals surface area contributed by atoms with Gasteiger partial charge >= 0.3 is 0 Å². The predicted molar refractivity (Wildman–Crippen MR) is 67.7 cm³/mol. The summed E-state index contributed by atoms with van der Waals surface area (Å²) in [4.78, 5) is 8.26. The van der Waals surface area contributed by atoms with Crippen molar-refractivity contribution >= 4 is 11.6 Å². The number of hydrogen-bond donors (Lipinski definition) is 3. The summed E-state index contributed by atoms with van der Waals surface area (Å²) in [7, 11) is 0. The fourth-order valence-electron chi connectivity index (χ4n) is 2.31. The standard InChI is InChI=1S/C12H20N4O/c1-2-10-11(13)14-7-15-12(10)16-8-3-5-9(17)6-4-8/h7-9,17H,2-6H2,1H3,(H3,13,14,15,16). The van der Waals surface area contributed by atoms with Crippen molar-refractivity contribution in [2.75, 3.05) is 11.1 Å². The normalized spacial score (nSPS) is 24.6. The molecule has 1 aromatic rings. The number of aromatic nitrogens is 2. The first kappa shape index (κ1) is 12.1. The van der Waals surface area contributed by atoms with Crippen molar-refractivity contribution in [1.82, 2.24) is 9.97 Å². The van der Waals surface area contributed by atoms with Gasteiger partial charge in [-0.2, -0.15) is 0 Å². The van der Waals surface area contributed by atoms with E-state index < -0.39 is 0 Å². The van der Waals surface area contributed by atoms with Gasteiger partial charge in [0.15, 0.2) is 0 Å². The monoisotopic (exact) mass is 236 g/mol. The van der Waals surface area contributed by atoms with Crippen LogP contribution in [-0.2, 0) is 6.42 Å². The van der Waals surface area contributed by atoms with Crippen LogP contribution in [0.3, 0.4) is 0 Å². The van der Waals surface area contributed by atoms with Crippen molar-refractivity contribution in [3.63, 3.8) is 0 Å². The molecule has 17 heavy (non-hydrogen) atoms. The third-order valence-corrected chi connectivity index (χ3v) is 3.37. The number of nitrogen functional groups attached to an aromatic ring is 1. The van der Waals surface area contributed by atoms with Crippen LogP contribution in [0.2, 0.25) is 0 Å². The molecule has 0 bridgehead atoms. The second-order valence-electron chi connectivity index (χ2n) is 4.59. The Hall–Kier alpha value is -1.36. The molecule has 0 atom stereocenters. The van der Waals surface area contributed by atoms with E-state index in [4.69, 9.17) is 5.73 Å².